The fraction of sp³-hybridized carbons (Fsp3) is 0.500. The molecule has 0 unspecified atom stereocenters. The van der Waals surface area contributed by atoms with Crippen molar-refractivity contribution in [3.63, 3.8) is 0 Å². The van der Waals surface area contributed by atoms with Crippen LogP contribution >= 0.6 is 0 Å². The molecule has 1 aromatic rings. The highest BCUT2D eigenvalue weighted by atomic mass is 16.7. The Hall–Kier alpha value is -1.39. The standard InChI is InChI=1S/C18H24BNO2/c1-17(2)18(3,4)22-19(21-17)15-10-11-20-16(13-15)12-14-8-6-5-7-9-14/h5-10H,11-13H2,1-4H3. The largest absolute Gasteiger partial charge is 0.490 e. The van der Waals surface area contributed by atoms with Crippen molar-refractivity contribution in [2.75, 3.05) is 6.54 Å². The summed E-state index contributed by atoms with van der Waals surface area (Å²) in [5.41, 5.74) is 3.15. The van der Waals surface area contributed by atoms with Crippen molar-refractivity contribution in [2.45, 2.75) is 51.7 Å². The fourth-order valence-electron chi connectivity index (χ4n) is 2.78. The summed E-state index contributed by atoms with van der Waals surface area (Å²) in [5.74, 6) is 0. The highest BCUT2D eigenvalue weighted by Crippen LogP contribution is 2.39. The van der Waals surface area contributed by atoms with Crippen molar-refractivity contribution in [1.29, 1.82) is 0 Å². The minimum Gasteiger partial charge on any atom is -0.400 e. The minimum absolute atomic E-state index is 0.244. The van der Waals surface area contributed by atoms with E-state index < -0.39 is 0 Å². The van der Waals surface area contributed by atoms with Gasteiger partial charge in [-0.05, 0) is 38.7 Å². The molecule has 2 aliphatic heterocycles. The number of dihydropyridines is 1. The van der Waals surface area contributed by atoms with Crippen LogP contribution in [0.15, 0.2) is 46.9 Å². The molecule has 0 spiro atoms. The molecule has 1 aromatic carbocycles. The first-order valence-electron chi connectivity index (χ1n) is 7.98. The van der Waals surface area contributed by atoms with Gasteiger partial charge in [-0.25, -0.2) is 0 Å². The summed E-state index contributed by atoms with van der Waals surface area (Å²) in [7, 11) is -0.244. The van der Waals surface area contributed by atoms with E-state index in [-0.39, 0.29) is 18.3 Å². The molecule has 4 heteroatoms. The SMILES string of the molecule is CC1(C)OB(C2=CCN=C(Cc3ccccc3)C2)OC1(C)C. The van der Waals surface area contributed by atoms with Gasteiger partial charge in [-0.15, -0.1) is 0 Å². The van der Waals surface area contributed by atoms with Crippen molar-refractivity contribution in [1.82, 2.24) is 0 Å². The predicted molar refractivity (Wildman–Crippen MR) is 91.2 cm³/mol. The van der Waals surface area contributed by atoms with Gasteiger partial charge in [-0.3, -0.25) is 4.99 Å². The predicted octanol–water partition coefficient (Wildman–Crippen LogP) is 3.63. The Morgan fingerprint density at radius 2 is 1.68 bits per heavy atom. The molecular formula is C18H24BNO2. The van der Waals surface area contributed by atoms with Crippen molar-refractivity contribution in [2.24, 2.45) is 4.99 Å². The maximum Gasteiger partial charge on any atom is 0.490 e. The minimum atomic E-state index is -0.285. The first kappa shape index (κ1) is 15.5. The van der Waals surface area contributed by atoms with Gasteiger partial charge in [0.15, 0.2) is 0 Å². The van der Waals surface area contributed by atoms with Crippen molar-refractivity contribution < 1.29 is 9.31 Å². The number of hydrogen-bond acceptors (Lipinski definition) is 3. The second-order valence-corrected chi connectivity index (χ2v) is 7.11. The molecule has 0 N–H and O–H groups in total. The van der Waals surface area contributed by atoms with Gasteiger partial charge in [0.1, 0.15) is 0 Å². The van der Waals surface area contributed by atoms with E-state index in [0.717, 1.165) is 19.4 Å². The highest BCUT2D eigenvalue weighted by Gasteiger charge is 2.52. The summed E-state index contributed by atoms with van der Waals surface area (Å²) in [5, 5.41) is 0. The molecule has 22 heavy (non-hydrogen) atoms. The zero-order valence-corrected chi connectivity index (χ0v) is 13.9. The van der Waals surface area contributed by atoms with Crippen LogP contribution in [0.3, 0.4) is 0 Å². The van der Waals surface area contributed by atoms with Crippen LogP contribution in [0.5, 0.6) is 0 Å². The molecule has 0 saturated carbocycles. The average molecular weight is 297 g/mol. The van der Waals surface area contributed by atoms with Crippen LogP contribution in [0.1, 0.15) is 39.7 Å². The summed E-state index contributed by atoms with van der Waals surface area (Å²) in [6.45, 7) is 9.09. The molecule has 1 fully saturated rings. The van der Waals surface area contributed by atoms with Crippen LogP contribution in [-0.4, -0.2) is 30.6 Å². The maximum atomic E-state index is 6.16. The number of rotatable bonds is 3. The Balaban J connectivity index is 1.67. The monoisotopic (exact) mass is 297 g/mol. The van der Waals surface area contributed by atoms with Gasteiger partial charge in [0, 0.05) is 18.6 Å². The lowest BCUT2D eigenvalue weighted by atomic mass is 9.73. The molecule has 2 aliphatic rings. The molecule has 0 amide bonds. The van der Waals surface area contributed by atoms with Crippen LogP contribution in [0.2, 0.25) is 0 Å². The van der Waals surface area contributed by atoms with E-state index in [4.69, 9.17) is 9.31 Å². The molecule has 0 radical (unpaired) electrons. The Bertz CT molecular complexity index is 589. The third kappa shape index (κ3) is 3.04. The second-order valence-electron chi connectivity index (χ2n) is 7.11. The first-order valence-corrected chi connectivity index (χ1v) is 7.98. The van der Waals surface area contributed by atoms with Gasteiger partial charge >= 0.3 is 7.12 Å². The van der Waals surface area contributed by atoms with Gasteiger partial charge in [0.2, 0.25) is 0 Å². The Morgan fingerprint density at radius 1 is 1.05 bits per heavy atom. The third-order valence-electron chi connectivity index (χ3n) is 4.88. The lowest BCUT2D eigenvalue weighted by Gasteiger charge is -2.32. The molecular weight excluding hydrogens is 273 g/mol. The molecule has 1 saturated heterocycles. The van der Waals surface area contributed by atoms with Crippen molar-refractivity contribution in [3.8, 4) is 0 Å². The number of hydrogen-bond donors (Lipinski definition) is 0. The Labute approximate surface area is 133 Å². The number of allylic oxidation sites excluding steroid dienone is 1. The summed E-state index contributed by atoms with van der Waals surface area (Å²) in [4.78, 5) is 4.65. The molecule has 0 atom stereocenters. The van der Waals surface area contributed by atoms with Gasteiger partial charge in [-0.2, -0.15) is 0 Å². The quantitative estimate of drug-likeness (QED) is 0.798. The highest BCUT2D eigenvalue weighted by molar-refractivity contribution is 6.55. The molecule has 3 rings (SSSR count). The maximum absolute atomic E-state index is 6.16. The van der Waals surface area contributed by atoms with E-state index in [2.05, 4.69) is 63.0 Å². The van der Waals surface area contributed by atoms with E-state index >= 15 is 0 Å². The van der Waals surface area contributed by atoms with Gasteiger partial charge in [0.25, 0.3) is 0 Å². The zero-order chi connectivity index (χ0) is 15.8. The Morgan fingerprint density at radius 3 is 2.32 bits per heavy atom. The number of benzene rings is 1. The second kappa shape index (κ2) is 5.67. The molecule has 2 heterocycles. The van der Waals surface area contributed by atoms with E-state index in [9.17, 15) is 0 Å². The van der Waals surface area contributed by atoms with Gasteiger partial charge < -0.3 is 9.31 Å². The lowest BCUT2D eigenvalue weighted by molar-refractivity contribution is 0.00578. The van der Waals surface area contributed by atoms with Crippen LogP contribution in [0.4, 0.5) is 0 Å². The molecule has 0 aliphatic carbocycles. The summed E-state index contributed by atoms with van der Waals surface area (Å²) < 4.78 is 12.3. The summed E-state index contributed by atoms with van der Waals surface area (Å²) in [6, 6.07) is 10.5. The van der Waals surface area contributed by atoms with Gasteiger partial charge in [-0.1, -0.05) is 36.4 Å². The van der Waals surface area contributed by atoms with Crippen molar-refractivity contribution >= 4 is 12.8 Å². The zero-order valence-electron chi connectivity index (χ0n) is 13.9. The van der Waals surface area contributed by atoms with Crippen molar-refractivity contribution in [3.05, 3.63) is 47.4 Å². The molecule has 116 valence electrons. The average Bonchev–Trinajstić information content (AvgIpc) is 2.69. The lowest BCUT2D eigenvalue weighted by Crippen LogP contribution is -2.41. The van der Waals surface area contributed by atoms with Crippen LogP contribution in [0.25, 0.3) is 0 Å². The molecule has 0 bridgehead atoms. The number of nitrogens with zero attached hydrogens (tertiary/aromatic N) is 1. The molecule has 3 nitrogen and oxygen atoms in total. The van der Waals surface area contributed by atoms with E-state index in [1.165, 1.54) is 16.7 Å². The first-order chi connectivity index (χ1) is 10.4. The fourth-order valence-corrected chi connectivity index (χ4v) is 2.78. The smallest absolute Gasteiger partial charge is 0.400 e. The Kier molecular flexibility index (Phi) is 4.00. The number of aliphatic imine (C=N–C) groups is 1. The van der Waals surface area contributed by atoms with Crippen LogP contribution in [-0.2, 0) is 15.7 Å². The molecule has 0 aromatic heterocycles. The van der Waals surface area contributed by atoms with E-state index in [1.807, 2.05) is 6.07 Å². The third-order valence-corrected chi connectivity index (χ3v) is 4.88. The topological polar surface area (TPSA) is 30.8 Å². The van der Waals surface area contributed by atoms with Gasteiger partial charge in [0.05, 0.1) is 17.7 Å². The van der Waals surface area contributed by atoms with Crippen LogP contribution < -0.4 is 0 Å². The van der Waals surface area contributed by atoms with Crippen LogP contribution in [0, 0.1) is 0 Å². The summed E-state index contributed by atoms with van der Waals surface area (Å²) >= 11 is 0. The summed E-state index contributed by atoms with van der Waals surface area (Å²) in [6.07, 6.45) is 3.89. The van der Waals surface area contributed by atoms with E-state index in [0.29, 0.717) is 0 Å². The normalized spacial score (nSPS) is 23.2. The van der Waals surface area contributed by atoms with E-state index in [1.54, 1.807) is 0 Å².